The number of hydrogen-bond donors (Lipinski definition) is 2. The molecule has 0 spiro atoms. The molecule has 0 aliphatic rings. The van der Waals surface area contributed by atoms with E-state index in [1.165, 1.54) is 70.6 Å². The van der Waals surface area contributed by atoms with Crippen molar-refractivity contribution in [3.63, 3.8) is 0 Å². The fraction of sp³-hybridized carbons (Fsp3) is 0.733. The Morgan fingerprint density at radius 3 is 1.40 bits per heavy atom. The largest absolute Gasteiger partial charge is 0.472 e. The molecule has 2 atom stereocenters. The van der Waals surface area contributed by atoms with Crippen molar-refractivity contribution in [3.8, 4) is 0 Å². The van der Waals surface area contributed by atoms with E-state index < -0.39 is 32.5 Å². The quantitative estimate of drug-likeness (QED) is 0.0269. The summed E-state index contributed by atoms with van der Waals surface area (Å²) in [6.07, 6.45) is 48.1. The van der Waals surface area contributed by atoms with Crippen LogP contribution in [0.25, 0.3) is 0 Å². The second kappa shape index (κ2) is 41.3. The molecule has 0 saturated heterocycles. The standard InChI is InChI=1S/C45H80NO8P/c1-3-5-7-9-11-13-15-17-19-21-23-25-27-29-31-33-35-37-44(47)51-41-43(42-53-55(49,50)52-40-39-46)54-45(48)38-36-34-32-30-28-26-24-22-20-18-16-14-12-10-8-6-4-2/h11-14,17-20,24,26,43H,3-10,15-16,21-23,25,27-42,46H2,1-2H3,(H,49,50)/b13-11+,14-12+,19-17+,20-18+,26-24+/t43-/m1/s1. The molecule has 0 aliphatic carbocycles. The van der Waals surface area contributed by atoms with Crippen LogP contribution >= 0.6 is 7.82 Å². The van der Waals surface area contributed by atoms with Crippen molar-refractivity contribution in [2.24, 2.45) is 5.73 Å². The SMILES string of the molecule is CCCCC/C=C/C/C=C/C/C=C/CCCCCCC(=O)O[C@H](COC(=O)CCCCCCCCC/C=C/C/C=C/CCCCC)COP(=O)(O)OCCN. The molecule has 55 heavy (non-hydrogen) atoms. The molecule has 0 aromatic heterocycles. The van der Waals surface area contributed by atoms with Crippen molar-refractivity contribution in [2.45, 2.75) is 187 Å². The van der Waals surface area contributed by atoms with E-state index >= 15 is 0 Å². The molecule has 0 heterocycles. The van der Waals surface area contributed by atoms with Crippen LogP contribution < -0.4 is 5.73 Å². The highest BCUT2D eigenvalue weighted by molar-refractivity contribution is 7.47. The third-order valence-corrected chi connectivity index (χ3v) is 9.86. The maximum atomic E-state index is 12.6. The van der Waals surface area contributed by atoms with Crippen LogP contribution in [-0.4, -0.2) is 49.3 Å². The van der Waals surface area contributed by atoms with Gasteiger partial charge < -0.3 is 20.1 Å². The number of phosphoric ester groups is 1. The summed E-state index contributed by atoms with van der Waals surface area (Å²) in [7, 11) is -4.39. The number of esters is 2. The molecule has 0 aliphatic heterocycles. The van der Waals surface area contributed by atoms with E-state index in [1.54, 1.807) is 0 Å². The topological polar surface area (TPSA) is 134 Å². The Labute approximate surface area is 336 Å². The predicted molar refractivity (Wildman–Crippen MR) is 229 cm³/mol. The highest BCUT2D eigenvalue weighted by Crippen LogP contribution is 2.43. The van der Waals surface area contributed by atoms with E-state index in [1.807, 2.05) is 0 Å². The molecule has 0 saturated carbocycles. The maximum absolute atomic E-state index is 12.6. The monoisotopic (exact) mass is 794 g/mol. The number of carbonyl (C=O) groups is 2. The number of carbonyl (C=O) groups excluding carboxylic acids is 2. The predicted octanol–water partition coefficient (Wildman–Crippen LogP) is 12.5. The van der Waals surface area contributed by atoms with Crippen LogP contribution in [0.2, 0.25) is 0 Å². The zero-order valence-corrected chi connectivity index (χ0v) is 35.8. The molecule has 0 bridgehead atoms. The lowest BCUT2D eigenvalue weighted by Gasteiger charge is -2.19. The molecule has 0 rings (SSSR count). The average molecular weight is 794 g/mol. The fourth-order valence-electron chi connectivity index (χ4n) is 5.61. The highest BCUT2D eigenvalue weighted by Gasteiger charge is 2.26. The normalized spacial score (nSPS) is 13.9. The van der Waals surface area contributed by atoms with Crippen LogP contribution in [0, 0.1) is 0 Å². The van der Waals surface area contributed by atoms with Gasteiger partial charge >= 0.3 is 19.8 Å². The van der Waals surface area contributed by atoms with Crippen molar-refractivity contribution >= 4 is 19.8 Å². The highest BCUT2D eigenvalue weighted by atomic mass is 31.2. The number of unbranched alkanes of at least 4 members (excludes halogenated alkanes) is 17. The molecule has 318 valence electrons. The minimum Gasteiger partial charge on any atom is -0.462 e. The van der Waals surface area contributed by atoms with E-state index in [-0.39, 0.29) is 32.6 Å². The van der Waals surface area contributed by atoms with Crippen molar-refractivity contribution in [1.82, 2.24) is 0 Å². The van der Waals surface area contributed by atoms with Crippen molar-refractivity contribution in [3.05, 3.63) is 60.8 Å². The van der Waals surface area contributed by atoms with Crippen LogP contribution in [0.15, 0.2) is 60.8 Å². The van der Waals surface area contributed by atoms with Gasteiger partial charge in [0.1, 0.15) is 6.61 Å². The van der Waals surface area contributed by atoms with Crippen molar-refractivity contribution in [2.75, 3.05) is 26.4 Å². The molecular formula is C45H80NO8P. The van der Waals surface area contributed by atoms with Crippen LogP contribution in [-0.2, 0) is 32.7 Å². The van der Waals surface area contributed by atoms with Gasteiger partial charge in [0, 0.05) is 19.4 Å². The van der Waals surface area contributed by atoms with Gasteiger partial charge in [-0.1, -0.05) is 145 Å². The number of allylic oxidation sites excluding steroid dienone is 10. The summed E-state index contributed by atoms with van der Waals surface area (Å²) < 4.78 is 32.8. The molecule has 3 N–H and O–H groups in total. The van der Waals surface area contributed by atoms with Crippen molar-refractivity contribution < 1.29 is 37.6 Å². The Balaban J connectivity index is 4.22. The number of phosphoric acid groups is 1. The van der Waals surface area contributed by atoms with Crippen LogP contribution in [0.3, 0.4) is 0 Å². The Morgan fingerprint density at radius 2 is 0.945 bits per heavy atom. The van der Waals surface area contributed by atoms with Gasteiger partial charge in [0.2, 0.25) is 0 Å². The number of ether oxygens (including phenoxy) is 2. The van der Waals surface area contributed by atoms with E-state index in [0.29, 0.717) is 6.42 Å². The Kier molecular flexibility index (Phi) is 39.6. The maximum Gasteiger partial charge on any atom is 0.472 e. The van der Waals surface area contributed by atoms with Gasteiger partial charge in [-0.25, -0.2) is 4.57 Å². The summed E-state index contributed by atoms with van der Waals surface area (Å²) in [5.41, 5.74) is 5.34. The first-order valence-corrected chi connectivity index (χ1v) is 23.3. The van der Waals surface area contributed by atoms with E-state index in [4.69, 9.17) is 24.3 Å². The van der Waals surface area contributed by atoms with Gasteiger partial charge in [-0.2, -0.15) is 0 Å². The lowest BCUT2D eigenvalue weighted by Crippen LogP contribution is -2.29. The van der Waals surface area contributed by atoms with Crippen LogP contribution in [0.1, 0.15) is 181 Å². The van der Waals surface area contributed by atoms with Crippen LogP contribution in [0.4, 0.5) is 0 Å². The first-order chi connectivity index (χ1) is 26.8. The fourth-order valence-corrected chi connectivity index (χ4v) is 6.38. The second-order valence-corrected chi connectivity index (χ2v) is 15.7. The lowest BCUT2D eigenvalue weighted by atomic mass is 10.1. The van der Waals surface area contributed by atoms with Gasteiger partial charge in [-0.3, -0.25) is 18.6 Å². The third-order valence-electron chi connectivity index (χ3n) is 8.88. The number of hydrogen-bond acceptors (Lipinski definition) is 8. The minimum absolute atomic E-state index is 0.0457. The summed E-state index contributed by atoms with van der Waals surface area (Å²) in [5, 5.41) is 0. The Bertz CT molecular complexity index is 1090. The Hall–Kier alpha value is -2.29. The van der Waals surface area contributed by atoms with E-state index in [9.17, 15) is 19.0 Å². The van der Waals surface area contributed by atoms with E-state index in [2.05, 4.69) is 74.6 Å². The molecule has 0 fully saturated rings. The summed E-state index contributed by atoms with van der Waals surface area (Å²) in [6, 6.07) is 0. The zero-order chi connectivity index (χ0) is 40.3. The molecule has 1 unspecified atom stereocenters. The van der Waals surface area contributed by atoms with Gasteiger partial charge in [-0.05, 0) is 83.5 Å². The first-order valence-electron chi connectivity index (χ1n) is 21.8. The van der Waals surface area contributed by atoms with Crippen molar-refractivity contribution in [1.29, 1.82) is 0 Å². The summed E-state index contributed by atoms with van der Waals surface area (Å²) >= 11 is 0. The third kappa shape index (κ3) is 41.2. The zero-order valence-electron chi connectivity index (χ0n) is 34.9. The van der Waals surface area contributed by atoms with Gasteiger partial charge in [-0.15, -0.1) is 0 Å². The minimum atomic E-state index is -4.39. The average Bonchev–Trinajstić information content (AvgIpc) is 3.17. The summed E-state index contributed by atoms with van der Waals surface area (Å²) in [4.78, 5) is 34.9. The second-order valence-electron chi connectivity index (χ2n) is 14.2. The molecule has 0 amide bonds. The van der Waals surface area contributed by atoms with Gasteiger partial charge in [0.05, 0.1) is 13.2 Å². The molecular weight excluding hydrogens is 713 g/mol. The molecule has 10 heteroatoms. The molecule has 9 nitrogen and oxygen atoms in total. The summed E-state index contributed by atoms with van der Waals surface area (Å²) in [5.74, 6) is -0.866. The van der Waals surface area contributed by atoms with Gasteiger partial charge in [0.25, 0.3) is 0 Å². The first kappa shape index (κ1) is 52.7. The molecule has 0 aromatic carbocycles. The van der Waals surface area contributed by atoms with Gasteiger partial charge in [0.15, 0.2) is 6.10 Å². The number of rotatable bonds is 40. The molecule has 0 radical (unpaired) electrons. The van der Waals surface area contributed by atoms with Crippen LogP contribution in [0.5, 0.6) is 0 Å². The Morgan fingerprint density at radius 1 is 0.545 bits per heavy atom. The van der Waals surface area contributed by atoms with E-state index in [0.717, 1.165) is 77.0 Å². The summed E-state index contributed by atoms with van der Waals surface area (Å²) in [6.45, 7) is 3.63. The smallest absolute Gasteiger partial charge is 0.462 e. The lowest BCUT2D eigenvalue weighted by molar-refractivity contribution is -0.161. The number of nitrogens with two attached hydrogens (primary N) is 1. The molecule has 0 aromatic rings.